The second kappa shape index (κ2) is 9.66. The highest BCUT2D eigenvalue weighted by Crippen LogP contribution is 2.16. The van der Waals surface area contributed by atoms with Gasteiger partial charge in [-0.3, -0.25) is 9.98 Å². The van der Waals surface area contributed by atoms with Crippen LogP contribution in [0, 0.1) is 5.82 Å². The van der Waals surface area contributed by atoms with Crippen molar-refractivity contribution in [3.8, 4) is 0 Å². The second-order valence-corrected chi connectivity index (χ2v) is 8.28. The number of nitrogens with one attached hydrogen (secondary N) is 2. The molecule has 1 aliphatic rings. The van der Waals surface area contributed by atoms with Crippen molar-refractivity contribution in [2.45, 2.75) is 4.90 Å². The number of halogens is 1. The van der Waals surface area contributed by atoms with Gasteiger partial charge in [0.2, 0.25) is 10.0 Å². The van der Waals surface area contributed by atoms with Crippen molar-refractivity contribution in [2.75, 3.05) is 51.2 Å². The third-order valence-electron chi connectivity index (χ3n) is 4.63. The first-order valence-corrected chi connectivity index (χ1v) is 10.8. The van der Waals surface area contributed by atoms with Crippen molar-refractivity contribution in [2.24, 2.45) is 4.99 Å². The maximum Gasteiger partial charge on any atom is 0.242 e. The summed E-state index contributed by atoms with van der Waals surface area (Å²) in [4.78, 5) is 12.6. The molecule has 0 aliphatic carbocycles. The maximum atomic E-state index is 13.1. The number of hydrogen-bond donors (Lipinski definition) is 2. The first-order valence-electron chi connectivity index (χ1n) is 9.35. The summed E-state index contributed by atoms with van der Waals surface area (Å²) in [6, 6.07) is 9.59. The van der Waals surface area contributed by atoms with E-state index in [-0.39, 0.29) is 17.3 Å². The van der Waals surface area contributed by atoms with E-state index in [0.717, 1.165) is 37.8 Å². The first kappa shape index (κ1) is 21.0. The Morgan fingerprint density at radius 3 is 2.48 bits per heavy atom. The van der Waals surface area contributed by atoms with Crippen molar-refractivity contribution < 1.29 is 12.8 Å². The molecule has 2 heterocycles. The zero-order valence-corrected chi connectivity index (χ0v) is 17.1. The average Bonchev–Trinajstić information content (AvgIpc) is 2.75. The number of hydrogen-bond acceptors (Lipinski definition) is 5. The van der Waals surface area contributed by atoms with Gasteiger partial charge in [-0.1, -0.05) is 0 Å². The maximum absolute atomic E-state index is 13.1. The van der Waals surface area contributed by atoms with Crippen molar-refractivity contribution in [1.29, 1.82) is 0 Å². The molecule has 0 amide bonds. The molecule has 1 fully saturated rings. The molecule has 1 aromatic carbocycles. The highest BCUT2D eigenvalue weighted by molar-refractivity contribution is 7.89. The molecule has 29 heavy (non-hydrogen) atoms. The summed E-state index contributed by atoms with van der Waals surface area (Å²) in [7, 11) is -1.87. The van der Waals surface area contributed by atoms with Crippen LogP contribution in [0.4, 0.5) is 10.1 Å². The lowest BCUT2D eigenvalue weighted by Gasteiger charge is -2.37. The van der Waals surface area contributed by atoms with Gasteiger partial charge in [0.25, 0.3) is 0 Å². The van der Waals surface area contributed by atoms with Gasteiger partial charge in [-0.15, -0.1) is 0 Å². The fraction of sp³-hybridized carbons (Fsp3) is 0.368. The van der Waals surface area contributed by atoms with E-state index in [1.807, 2.05) is 0 Å². The largest absolute Gasteiger partial charge is 0.368 e. The summed E-state index contributed by atoms with van der Waals surface area (Å²) in [6.45, 7) is 3.74. The highest BCUT2D eigenvalue weighted by atomic mass is 32.2. The van der Waals surface area contributed by atoms with E-state index in [9.17, 15) is 12.8 Å². The van der Waals surface area contributed by atoms with Gasteiger partial charge >= 0.3 is 0 Å². The van der Waals surface area contributed by atoms with Gasteiger partial charge in [-0.25, -0.2) is 17.5 Å². The molecule has 0 bridgehead atoms. The number of guanidine groups is 1. The molecule has 10 heteroatoms. The molecule has 2 aromatic rings. The van der Waals surface area contributed by atoms with E-state index in [1.54, 1.807) is 25.2 Å². The summed E-state index contributed by atoms with van der Waals surface area (Å²) in [6.07, 6.45) is 2.84. The number of rotatable bonds is 6. The molecule has 1 aromatic heterocycles. The number of nitrogens with zero attached hydrogens (tertiary/aromatic N) is 4. The van der Waals surface area contributed by atoms with Crippen LogP contribution in [0.25, 0.3) is 0 Å². The third kappa shape index (κ3) is 5.64. The lowest BCUT2D eigenvalue weighted by atomic mass is 10.2. The molecular formula is C19H25FN6O2S. The molecule has 0 unspecified atom stereocenters. The van der Waals surface area contributed by atoms with Crippen LogP contribution in [0.3, 0.4) is 0 Å². The Kier molecular flexibility index (Phi) is 6.99. The average molecular weight is 421 g/mol. The van der Waals surface area contributed by atoms with E-state index in [2.05, 4.69) is 29.8 Å². The van der Waals surface area contributed by atoms with Gasteiger partial charge in [0.15, 0.2) is 5.96 Å². The van der Waals surface area contributed by atoms with Crippen LogP contribution in [-0.2, 0) is 10.0 Å². The van der Waals surface area contributed by atoms with Gasteiger partial charge in [-0.05, 0) is 36.4 Å². The molecule has 156 valence electrons. The predicted molar refractivity (Wildman–Crippen MR) is 111 cm³/mol. The number of pyridine rings is 1. The fourth-order valence-corrected chi connectivity index (χ4v) is 4.10. The van der Waals surface area contributed by atoms with Crippen molar-refractivity contribution >= 4 is 21.7 Å². The molecule has 2 N–H and O–H groups in total. The number of aliphatic imine (C=N–C) groups is 1. The van der Waals surface area contributed by atoms with E-state index in [4.69, 9.17) is 0 Å². The van der Waals surface area contributed by atoms with Gasteiger partial charge in [0.05, 0.1) is 0 Å². The highest BCUT2D eigenvalue weighted by Gasteiger charge is 2.20. The molecule has 8 nitrogen and oxygen atoms in total. The number of aromatic nitrogens is 1. The Labute approximate surface area is 170 Å². The van der Waals surface area contributed by atoms with Gasteiger partial charge < -0.3 is 15.1 Å². The van der Waals surface area contributed by atoms with Gasteiger partial charge in [0, 0.05) is 64.4 Å². The zero-order chi connectivity index (χ0) is 20.7. The molecule has 1 aliphatic heterocycles. The summed E-state index contributed by atoms with van der Waals surface area (Å²) < 4.78 is 40.0. The van der Waals surface area contributed by atoms with Crippen LogP contribution in [0.2, 0.25) is 0 Å². The molecule has 1 saturated heterocycles. The van der Waals surface area contributed by atoms with E-state index in [1.165, 1.54) is 30.6 Å². The quantitative estimate of drug-likeness (QED) is 0.410. The normalized spacial score (nSPS) is 15.4. The Balaban J connectivity index is 1.45. The SMILES string of the molecule is CN=C(NCCNS(=O)(=O)c1cccnc1)N1CCN(c2ccc(F)cc2)CC1. The Hall–Kier alpha value is -2.72. The van der Waals surface area contributed by atoms with Crippen molar-refractivity contribution in [3.05, 3.63) is 54.6 Å². The van der Waals surface area contributed by atoms with Crippen LogP contribution in [0.5, 0.6) is 0 Å². The van der Waals surface area contributed by atoms with Crippen LogP contribution in [0.15, 0.2) is 58.7 Å². The van der Waals surface area contributed by atoms with E-state index in [0.29, 0.717) is 6.54 Å². The lowest BCUT2D eigenvalue weighted by molar-refractivity contribution is 0.373. The summed E-state index contributed by atoms with van der Waals surface area (Å²) in [5, 5.41) is 3.19. The second-order valence-electron chi connectivity index (χ2n) is 6.51. The van der Waals surface area contributed by atoms with Crippen LogP contribution in [0.1, 0.15) is 0 Å². The molecule has 3 rings (SSSR count). The summed E-state index contributed by atoms with van der Waals surface area (Å²) >= 11 is 0. The fourth-order valence-electron chi connectivity index (χ4n) is 3.11. The number of anilines is 1. The molecule has 0 radical (unpaired) electrons. The molecule has 0 atom stereocenters. The first-order chi connectivity index (χ1) is 14.0. The molecule has 0 saturated carbocycles. The molecular weight excluding hydrogens is 395 g/mol. The predicted octanol–water partition coefficient (Wildman–Crippen LogP) is 0.897. The number of piperazine rings is 1. The Morgan fingerprint density at radius 2 is 1.86 bits per heavy atom. The Bertz CT molecular complexity index is 913. The topological polar surface area (TPSA) is 89.9 Å². The minimum absolute atomic E-state index is 0.140. The summed E-state index contributed by atoms with van der Waals surface area (Å²) in [5.74, 6) is 0.487. The lowest BCUT2D eigenvalue weighted by Crippen LogP contribution is -2.53. The van der Waals surface area contributed by atoms with Gasteiger partial charge in [0.1, 0.15) is 10.7 Å². The number of sulfonamides is 1. The van der Waals surface area contributed by atoms with E-state index < -0.39 is 10.0 Å². The summed E-state index contributed by atoms with van der Waals surface area (Å²) in [5.41, 5.74) is 0.999. The van der Waals surface area contributed by atoms with Crippen LogP contribution in [-0.4, -0.2) is 70.6 Å². The monoisotopic (exact) mass is 420 g/mol. The minimum Gasteiger partial charge on any atom is -0.368 e. The minimum atomic E-state index is -3.57. The standard InChI is InChI=1S/C19H25FN6O2S/c1-21-19(23-9-10-24-29(27,28)18-3-2-8-22-15-18)26-13-11-25(12-14-26)17-6-4-16(20)5-7-17/h2-8,15,24H,9-14H2,1H3,(H,21,23). The smallest absolute Gasteiger partial charge is 0.242 e. The third-order valence-corrected chi connectivity index (χ3v) is 6.07. The van der Waals surface area contributed by atoms with Crippen molar-refractivity contribution in [1.82, 2.24) is 19.9 Å². The molecule has 0 spiro atoms. The van der Waals surface area contributed by atoms with Crippen molar-refractivity contribution in [3.63, 3.8) is 0 Å². The zero-order valence-electron chi connectivity index (χ0n) is 16.3. The number of benzene rings is 1. The van der Waals surface area contributed by atoms with Crippen LogP contribution >= 0.6 is 0 Å². The van der Waals surface area contributed by atoms with Gasteiger partial charge in [-0.2, -0.15) is 0 Å². The Morgan fingerprint density at radius 1 is 1.14 bits per heavy atom. The van der Waals surface area contributed by atoms with Crippen LogP contribution < -0.4 is 14.9 Å². The van der Waals surface area contributed by atoms with E-state index >= 15 is 0 Å².